The van der Waals surface area contributed by atoms with Crippen molar-refractivity contribution in [3.05, 3.63) is 70.1 Å². The SMILES string of the molecule is CCNC(=NCc1cccc(NC(=O)c2ccco2)c1)NCCc1csc(C)n1. The van der Waals surface area contributed by atoms with E-state index in [2.05, 4.69) is 31.3 Å². The smallest absolute Gasteiger partial charge is 0.291 e. The number of hydrogen-bond donors (Lipinski definition) is 3. The highest BCUT2D eigenvalue weighted by Gasteiger charge is 2.08. The van der Waals surface area contributed by atoms with E-state index in [1.165, 1.54) is 6.26 Å². The second-order valence-electron chi connectivity index (χ2n) is 6.36. The Morgan fingerprint density at radius 1 is 1.24 bits per heavy atom. The van der Waals surface area contributed by atoms with Crippen LogP contribution in [-0.2, 0) is 13.0 Å². The molecule has 0 aliphatic rings. The van der Waals surface area contributed by atoms with Crippen LogP contribution >= 0.6 is 11.3 Å². The van der Waals surface area contributed by atoms with Crippen molar-refractivity contribution in [2.24, 2.45) is 4.99 Å². The minimum absolute atomic E-state index is 0.275. The highest BCUT2D eigenvalue weighted by atomic mass is 32.1. The number of nitrogens with zero attached hydrogens (tertiary/aromatic N) is 2. The number of rotatable bonds is 8. The summed E-state index contributed by atoms with van der Waals surface area (Å²) in [5.74, 6) is 0.759. The van der Waals surface area contributed by atoms with Crippen molar-refractivity contribution < 1.29 is 9.21 Å². The van der Waals surface area contributed by atoms with Crippen LogP contribution in [0.25, 0.3) is 0 Å². The van der Waals surface area contributed by atoms with E-state index in [4.69, 9.17) is 4.42 Å². The van der Waals surface area contributed by atoms with Crippen LogP contribution in [0.1, 0.15) is 33.7 Å². The minimum atomic E-state index is -0.275. The first-order valence-corrected chi connectivity index (χ1v) is 10.4. The van der Waals surface area contributed by atoms with Crippen LogP contribution in [0.3, 0.4) is 0 Å². The van der Waals surface area contributed by atoms with Crippen molar-refractivity contribution in [2.45, 2.75) is 26.8 Å². The number of hydrogen-bond acceptors (Lipinski definition) is 5. The second kappa shape index (κ2) is 10.4. The maximum atomic E-state index is 12.1. The number of thiazole rings is 1. The number of carbonyl (C=O) groups is 1. The van der Waals surface area contributed by atoms with Gasteiger partial charge in [-0.15, -0.1) is 11.3 Å². The summed E-state index contributed by atoms with van der Waals surface area (Å²) in [5, 5.41) is 12.6. The van der Waals surface area contributed by atoms with E-state index in [0.29, 0.717) is 12.2 Å². The molecule has 0 spiro atoms. The fraction of sp³-hybridized carbons (Fsp3) is 0.286. The lowest BCUT2D eigenvalue weighted by atomic mass is 10.2. The average Bonchev–Trinajstić information content (AvgIpc) is 3.38. The fourth-order valence-electron chi connectivity index (χ4n) is 2.69. The number of benzene rings is 1. The minimum Gasteiger partial charge on any atom is -0.459 e. The van der Waals surface area contributed by atoms with Gasteiger partial charge in [0.1, 0.15) is 0 Å². The van der Waals surface area contributed by atoms with Crippen LogP contribution in [-0.4, -0.2) is 29.9 Å². The number of aliphatic imine (C=N–C) groups is 1. The quantitative estimate of drug-likeness (QED) is 0.389. The average molecular weight is 412 g/mol. The highest BCUT2D eigenvalue weighted by Crippen LogP contribution is 2.13. The van der Waals surface area contributed by atoms with E-state index in [1.807, 2.05) is 38.1 Å². The molecule has 8 heteroatoms. The van der Waals surface area contributed by atoms with Crippen molar-refractivity contribution >= 4 is 28.9 Å². The van der Waals surface area contributed by atoms with Gasteiger partial charge in [0.15, 0.2) is 11.7 Å². The molecule has 0 aliphatic carbocycles. The molecular formula is C21H25N5O2S. The molecule has 0 bridgehead atoms. The van der Waals surface area contributed by atoms with E-state index in [0.717, 1.165) is 41.7 Å². The Morgan fingerprint density at radius 2 is 2.14 bits per heavy atom. The summed E-state index contributed by atoms with van der Waals surface area (Å²) in [7, 11) is 0. The zero-order chi connectivity index (χ0) is 20.5. The lowest BCUT2D eigenvalue weighted by Crippen LogP contribution is -2.38. The second-order valence-corrected chi connectivity index (χ2v) is 7.42. The molecule has 152 valence electrons. The standard InChI is InChI=1S/C21H25N5O2S/c1-3-22-21(23-10-9-18-14-29-15(2)25-18)24-13-16-6-4-7-17(12-16)26-20(27)19-8-5-11-28-19/h4-8,11-12,14H,3,9-10,13H2,1-2H3,(H,26,27)(H2,22,23,24). The zero-order valence-corrected chi connectivity index (χ0v) is 17.4. The van der Waals surface area contributed by atoms with E-state index < -0.39 is 0 Å². The largest absolute Gasteiger partial charge is 0.459 e. The van der Waals surface area contributed by atoms with Gasteiger partial charge in [-0.2, -0.15) is 0 Å². The lowest BCUT2D eigenvalue weighted by molar-refractivity contribution is 0.0996. The number of amides is 1. The molecule has 0 saturated carbocycles. The first kappa shape index (κ1) is 20.6. The Balaban J connectivity index is 1.56. The first-order valence-electron chi connectivity index (χ1n) is 9.51. The summed E-state index contributed by atoms with van der Waals surface area (Å²) >= 11 is 1.66. The summed E-state index contributed by atoms with van der Waals surface area (Å²) in [4.78, 5) is 21.2. The van der Waals surface area contributed by atoms with Gasteiger partial charge in [-0.25, -0.2) is 9.98 Å². The molecule has 1 amide bonds. The Bertz CT molecular complexity index is 950. The Hall–Kier alpha value is -3.13. The number of carbonyl (C=O) groups excluding carboxylic acids is 1. The van der Waals surface area contributed by atoms with Crippen molar-refractivity contribution in [2.75, 3.05) is 18.4 Å². The third kappa shape index (κ3) is 6.46. The topological polar surface area (TPSA) is 91.5 Å². The van der Waals surface area contributed by atoms with E-state index in [9.17, 15) is 4.79 Å². The summed E-state index contributed by atoms with van der Waals surface area (Å²) in [5.41, 5.74) is 2.79. The molecule has 7 nitrogen and oxygen atoms in total. The van der Waals surface area contributed by atoms with Crippen LogP contribution in [0.4, 0.5) is 5.69 Å². The zero-order valence-electron chi connectivity index (χ0n) is 16.6. The number of anilines is 1. The molecule has 3 rings (SSSR count). The van der Waals surface area contributed by atoms with Crippen molar-refractivity contribution in [1.82, 2.24) is 15.6 Å². The number of furan rings is 1. The first-order chi connectivity index (χ1) is 14.1. The number of guanidine groups is 1. The molecule has 0 fully saturated rings. The van der Waals surface area contributed by atoms with Crippen molar-refractivity contribution in [1.29, 1.82) is 0 Å². The number of aryl methyl sites for hydroxylation is 1. The number of aromatic nitrogens is 1. The van der Waals surface area contributed by atoms with Crippen LogP contribution in [0.2, 0.25) is 0 Å². The van der Waals surface area contributed by atoms with Crippen molar-refractivity contribution in [3.63, 3.8) is 0 Å². The van der Waals surface area contributed by atoms with Gasteiger partial charge in [-0.1, -0.05) is 12.1 Å². The predicted molar refractivity (Wildman–Crippen MR) is 116 cm³/mol. The van der Waals surface area contributed by atoms with Gasteiger partial charge in [0.05, 0.1) is 23.5 Å². The third-order valence-electron chi connectivity index (χ3n) is 4.03. The van der Waals surface area contributed by atoms with Crippen LogP contribution < -0.4 is 16.0 Å². The lowest BCUT2D eigenvalue weighted by Gasteiger charge is -2.11. The monoisotopic (exact) mass is 411 g/mol. The normalized spacial score (nSPS) is 11.3. The fourth-order valence-corrected chi connectivity index (χ4v) is 3.34. The summed E-state index contributed by atoms with van der Waals surface area (Å²) < 4.78 is 5.12. The maximum Gasteiger partial charge on any atom is 0.291 e. The molecule has 2 aromatic heterocycles. The van der Waals surface area contributed by atoms with Gasteiger partial charge < -0.3 is 20.4 Å². The summed E-state index contributed by atoms with van der Waals surface area (Å²) in [6.07, 6.45) is 2.33. The molecule has 3 N–H and O–H groups in total. The molecule has 2 heterocycles. The predicted octanol–water partition coefficient (Wildman–Crippen LogP) is 3.59. The number of nitrogens with one attached hydrogen (secondary N) is 3. The van der Waals surface area contributed by atoms with Gasteiger partial charge >= 0.3 is 0 Å². The van der Waals surface area contributed by atoms with Gasteiger partial charge in [-0.3, -0.25) is 4.79 Å². The molecular weight excluding hydrogens is 386 g/mol. The highest BCUT2D eigenvalue weighted by molar-refractivity contribution is 7.09. The molecule has 29 heavy (non-hydrogen) atoms. The van der Waals surface area contributed by atoms with Gasteiger partial charge in [-0.05, 0) is 43.7 Å². The van der Waals surface area contributed by atoms with Crippen LogP contribution in [0.5, 0.6) is 0 Å². The van der Waals surface area contributed by atoms with E-state index in [1.54, 1.807) is 23.5 Å². The molecule has 0 saturated heterocycles. The molecule has 3 aromatic rings. The van der Waals surface area contributed by atoms with Gasteiger partial charge in [0.2, 0.25) is 0 Å². The Kier molecular flexibility index (Phi) is 7.40. The van der Waals surface area contributed by atoms with E-state index >= 15 is 0 Å². The third-order valence-corrected chi connectivity index (χ3v) is 4.86. The van der Waals surface area contributed by atoms with Gasteiger partial charge in [0, 0.05) is 30.6 Å². The molecule has 1 aromatic carbocycles. The van der Waals surface area contributed by atoms with Crippen LogP contribution in [0, 0.1) is 6.92 Å². The summed E-state index contributed by atoms with van der Waals surface area (Å²) in [6.45, 7) is 6.08. The Morgan fingerprint density at radius 3 is 2.86 bits per heavy atom. The molecule has 0 atom stereocenters. The van der Waals surface area contributed by atoms with Gasteiger partial charge in [0.25, 0.3) is 5.91 Å². The van der Waals surface area contributed by atoms with Crippen LogP contribution in [0.15, 0.2) is 57.5 Å². The van der Waals surface area contributed by atoms with Crippen molar-refractivity contribution in [3.8, 4) is 0 Å². The Labute approximate surface area is 174 Å². The molecule has 0 unspecified atom stereocenters. The van der Waals surface area contributed by atoms with E-state index in [-0.39, 0.29) is 11.7 Å². The maximum absolute atomic E-state index is 12.1. The molecule has 0 radical (unpaired) electrons. The summed E-state index contributed by atoms with van der Waals surface area (Å²) in [6, 6.07) is 10.9. The molecule has 0 aliphatic heterocycles.